The highest BCUT2D eigenvalue weighted by molar-refractivity contribution is 5.42. The number of aliphatic hydroxyl groups is 23. The number of phenolic OH excluding ortho intramolecular Hbond substituents is 2. The van der Waals surface area contributed by atoms with E-state index in [0.717, 1.165) is 77.0 Å². The molecule has 25 fully saturated rings. The Labute approximate surface area is 695 Å². The molecule has 4 saturated carbocycles. The van der Waals surface area contributed by atoms with Crippen LogP contribution in [0.1, 0.15) is 112 Å². The third-order valence-electron chi connectivity index (χ3n) is 29.0. The summed E-state index contributed by atoms with van der Waals surface area (Å²) in [5.74, 6) is 9.64. The van der Waals surface area contributed by atoms with Gasteiger partial charge in [0, 0.05) is 10.8 Å². The Balaban J connectivity index is 0.000000216. The van der Waals surface area contributed by atoms with Crippen molar-refractivity contribution in [3.63, 3.8) is 0 Å². The third kappa shape index (κ3) is 16.9. The Morgan fingerprint density at radius 3 is 0.719 bits per heavy atom. The van der Waals surface area contributed by atoms with Crippen molar-refractivity contribution in [3.8, 4) is 36.2 Å². The normalized spacial score (nSPS) is 50.8. The minimum Gasteiger partial charge on any atom is -0.508 e. The summed E-state index contributed by atoms with van der Waals surface area (Å²) in [7, 11) is 0. The molecule has 2 aromatic carbocycles. The fourth-order valence-corrected chi connectivity index (χ4v) is 22.1. The van der Waals surface area contributed by atoms with Crippen LogP contribution in [0.4, 0.5) is 0 Å². The lowest BCUT2D eigenvalue weighted by Gasteiger charge is -2.52. The lowest BCUT2D eigenvalue weighted by atomic mass is 9.53. The predicted molar refractivity (Wildman–Crippen MR) is 401 cm³/mol. The number of ether oxygens (including phenoxy) is 14. The van der Waals surface area contributed by atoms with Gasteiger partial charge >= 0.3 is 0 Å². The van der Waals surface area contributed by atoms with E-state index >= 15 is 0 Å². The molecule has 121 heavy (non-hydrogen) atoms. The Kier molecular flexibility index (Phi) is 28.7. The first-order valence-corrected chi connectivity index (χ1v) is 41.6. The zero-order valence-corrected chi connectivity index (χ0v) is 66.6. The van der Waals surface area contributed by atoms with Crippen molar-refractivity contribution in [2.75, 3.05) is 46.2 Å². The lowest BCUT2D eigenvalue weighted by molar-refractivity contribution is -0.396. The number of hydrogen-bond acceptors (Lipinski definition) is 39. The van der Waals surface area contributed by atoms with E-state index in [1.807, 2.05) is 24.3 Å². The number of aromatic hydroxyl groups is 2. The maximum absolute atomic E-state index is 11.3. The average molecular weight is 1730 g/mol. The van der Waals surface area contributed by atoms with Crippen LogP contribution in [-0.4, -0.2) is 400 Å². The van der Waals surface area contributed by atoms with Gasteiger partial charge in [-0.1, -0.05) is 37.8 Å². The average Bonchev–Trinajstić information content (AvgIpc) is 1.58. The van der Waals surface area contributed by atoms with Gasteiger partial charge in [-0.25, -0.2) is 0 Å². The van der Waals surface area contributed by atoms with Crippen LogP contribution in [0.25, 0.3) is 0 Å². The summed E-state index contributed by atoms with van der Waals surface area (Å²) >= 11 is 0. The molecule has 14 bridgehead atoms. The fraction of sp³-hybridized carbons (Fsp3) is 0.805. The fourth-order valence-electron chi connectivity index (χ4n) is 22.1. The van der Waals surface area contributed by atoms with Crippen molar-refractivity contribution in [1.82, 2.24) is 0 Å². The summed E-state index contributed by atoms with van der Waals surface area (Å²) in [6, 6.07) is 11.7. The largest absolute Gasteiger partial charge is 0.508 e. The van der Waals surface area contributed by atoms with E-state index in [1.165, 1.54) is 22.3 Å². The van der Waals surface area contributed by atoms with Gasteiger partial charge in [0.05, 0.1) is 46.2 Å². The zero-order chi connectivity index (χ0) is 87.1. The molecule has 25 N–H and O–H groups in total. The molecule has 39 heteroatoms. The Morgan fingerprint density at radius 2 is 0.521 bits per heavy atom. The molecule has 45 atom stereocenters. The number of rotatable bonds is 7. The van der Waals surface area contributed by atoms with E-state index in [9.17, 15) is 128 Å². The van der Waals surface area contributed by atoms with Gasteiger partial charge in [-0.05, 0) is 159 Å². The van der Waals surface area contributed by atoms with Gasteiger partial charge < -0.3 is 194 Å². The van der Waals surface area contributed by atoms with Gasteiger partial charge in [-0.3, -0.25) is 0 Å². The minimum absolute atomic E-state index is 0.128. The third-order valence-corrected chi connectivity index (χ3v) is 29.0. The number of hydrogen-bond donors (Lipinski definition) is 25. The summed E-state index contributed by atoms with van der Waals surface area (Å²) in [6.07, 6.45) is -46.7. The first-order valence-electron chi connectivity index (χ1n) is 41.6. The SMILES string of the molecule is C#C[C@]1(O)CC[C@H]2[C@@H]3CCc4cc(O)ccc4[C@H]3CC[C@@]21C.C#C[C@]1(O)CC[C@H]2[C@@H]3CCc4cc(O)ccc4[C@H]3CC[C@@]21C.OC[C@H]1O[C@@H]2O[C@H]3[C@H](O)[C@@H](O)[C@@H](O[C@H]4[C@H](O)[C@@H](O)[C@@H](O[C@H]5[C@H](O)[C@@H](O)[C@@H](O[C@H]6[C@H](O)[C@@H](O)[C@@H](O[C@H]7[C@H](O)[C@@H](O)[C@@H](O[C@H]8[C@H](O)[C@@H](O)[C@@H](O[C@H]1[C@H](O)[C@H]2O)O[C@@H]8CO)O[C@@H]7CO)O[C@@H]6CO)O[C@@H]5CO)O[C@@H]4CO)O[C@@H]3CO. The topological polar surface area (TPSA) is 635 Å². The number of terminal acetylenes is 2. The van der Waals surface area contributed by atoms with E-state index in [4.69, 9.17) is 79.2 Å². The lowest BCUT2D eigenvalue weighted by Crippen LogP contribution is -2.68. The second-order valence-electron chi connectivity index (χ2n) is 35.2. The molecule has 0 spiro atoms. The summed E-state index contributed by atoms with van der Waals surface area (Å²) in [4.78, 5) is 0. The maximum Gasteiger partial charge on any atom is 0.187 e. The van der Waals surface area contributed by atoms with E-state index in [-0.39, 0.29) is 10.8 Å². The Morgan fingerprint density at radius 1 is 0.306 bits per heavy atom. The molecule has 0 unspecified atom stereocenters. The molecule has 21 saturated heterocycles. The van der Waals surface area contributed by atoms with Gasteiger partial charge in [0.15, 0.2) is 44.0 Å². The Bertz CT molecular complexity index is 3400. The van der Waals surface area contributed by atoms with Gasteiger partial charge in [-0.2, -0.15) is 0 Å². The highest BCUT2D eigenvalue weighted by Gasteiger charge is 2.65. The van der Waals surface area contributed by atoms with Gasteiger partial charge in [0.2, 0.25) is 0 Å². The molecule has 29 rings (SSSR count). The molecule has 0 amide bonds. The van der Waals surface area contributed by atoms with E-state index in [2.05, 4.69) is 37.8 Å². The molecule has 21 heterocycles. The summed E-state index contributed by atoms with van der Waals surface area (Å²) in [5.41, 5.74) is 3.38. The van der Waals surface area contributed by atoms with Crippen LogP contribution in [0.15, 0.2) is 36.4 Å². The first kappa shape index (κ1) is 92.8. The number of aryl methyl sites for hydroxylation is 2. The first-order chi connectivity index (χ1) is 57.6. The molecular weight excluding hydrogens is 1610 g/mol. The number of fused-ring (bicyclic) bond motifs is 10. The van der Waals surface area contributed by atoms with Crippen molar-refractivity contribution in [2.45, 2.75) is 329 Å². The maximum atomic E-state index is 11.3. The number of aliphatic hydroxyl groups excluding tert-OH is 21. The van der Waals surface area contributed by atoms with Crippen LogP contribution < -0.4 is 0 Å². The van der Waals surface area contributed by atoms with E-state index in [0.29, 0.717) is 47.0 Å². The molecule has 0 aromatic heterocycles. The van der Waals surface area contributed by atoms with Crippen molar-refractivity contribution >= 4 is 0 Å². The summed E-state index contributed by atoms with van der Waals surface area (Å²) in [6.45, 7) is -2.90. The monoisotopic (exact) mass is 1730 g/mol. The molecule has 0 radical (unpaired) electrons. The highest BCUT2D eigenvalue weighted by Crippen LogP contribution is 2.66. The molecule has 21 aliphatic heterocycles. The molecule has 39 nitrogen and oxygen atoms in total. The minimum atomic E-state index is -2.21. The van der Waals surface area contributed by atoms with Gasteiger partial charge in [0.25, 0.3) is 0 Å². The second-order valence-corrected chi connectivity index (χ2v) is 35.2. The summed E-state index contributed by atoms with van der Waals surface area (Å²) in [5, 5.41) is 272. The standard InChI is InChI=1S/C42H70O35.2C20H24O2/c43-1-8-29-15(50)22(57)36(64-8)72-30-9(2-44)66-38(24(59)17(30)52)74-32-11(4-46)68-40(26(61)19(32)54)76-34-13(6-48)70-42(28(63)21(34)56)77-35-14(7-49)69-41(27(62)20(35)55)75-33-12(5-47)67-39(25(60)18(33)53)73-31-10(3-45)65-37(71-29)23(58)16(31)51;2*1-3-20(22)11-9-18-17-6-4-13-12-14(21)5-7-15(13)16(17)8-10-19(18,20)2/h8-63H,1-7H2;2*1,5,7,12,16-18,21-22H,4,6,8-11H2,2H3/t8-,9-,10-,11-,12-,13-,14-,15-,16-,17-,18-,19-,20-,21-,22-,23-,24-,25-,26-,27-,28-,29-,30-,31-,32-,33-,34-,35-,36-,37-,38-,39-,40-,41-,42-;2*16-,17-,18+,19+,20+/m111/s1. The second kappa shape index (κ2) is 37.4. The highest BCUT2D eigenvalue weighted by atomic mass is 16.8. The number of phenols is 2. The molecule has 27 aliphatic rings. The molecule has 680 valence electrons. The van der Waals surface area contributed by atoms with Gasteiger partial charge in [-0.15, -0.1) is 12.8 Å². The van der Waals surface area contributed by atoms with Crippen molar-refractivity contribution < 1.29 is 194 Å². The van der Waals surface area contributed by atoms with Crippen LogP contribution in [-0.2, 0) is 79.2 Å². The zero-order valence-electron chi connectivity index (χ0n) is 66.6. The number of benzene rings is 2. The van der Waals surface area contributed by atoms with Crippen LogP contribution in [0, 0.1) is 59.2 Å². The van der Waals surface area contributed by atoms with Crippen molar-refractivity contribution in [2.24, 2.45) is 34.5 Å². The molecule has 2 aromatic rings. The quantitative estimate of drug-likeness (QED) is 0.115. The van der Waals surface area contributed by atoms with Crippen molar-refractivity contribution in [3.05, 3.63) is 58.7 Å². The van der Waals surface area contributed by atoms with E-state index in [1.54, 1.807) is 0 Å². The summed E-state index contributed by atoms with van der Waals surface area (Å²) < 4.78 is 79.5. The van der Waals surface area contributed by atoms with Crippen LogP contribution in [0.3, 0.4) is 0 Å². The molecule has 6 aliphatic carbocycles. The smallest absolute Gasteiger partial charge is 0.187 e. The van der Waals surface area contributed by atoms with Crippen LogP contribution >= 0.6 is 0 Å². The van der Waals surface area contributed by atoms with Gasteiger partial charge in [0.1, 0.15) is 194 Å². The molecular formula is C82H118O39. The van der Waals surface area contributed by atoms with E-state index < -0.39 is 272 Å². The van der Waals surface area contributed by atoms with Crippen LogP contribution in [0.5, 0.6) is 11.5 Å². The van der Waals surface area contributed by atoms with Crippen LogP contribution in [0.2, 0.25) is 0 Å². The predicted octanol–water partition coefficient (Wildman–Crippen LogP) is -8.01. The Hall–Kier alpha value is -4.32. The van der Waals surface area contributed by atoms with Crippen molar-refractivity contribution in [1.29, 1.82) is 0 Å².